The fourth-order valence-corrected chi connectivity index (χ4v) is 4.81. The molecule has 0 atom stereocenters. The lowest BCUT2D eigenvalue weighted by Gasteiger charge is -2.34. The Kier molecular flexibility index (Phi) is 4.09. The van der Waals surface area contributed by atoms with E-state index in [0.717, 1.165) is 40.3 Å². The van der Waals surface area contributed by atoms with Gasteiger partial charge in [0, 0.05) is 11.6 Å². The first-order chi connectivity index (χ1) is 14.2. The van der Waals surface area contributed by atoms with Crippen LogP contribution >= 0.6 is 0 Å². The number of rotatable bonds is 3. The second kappa shape index (κ2) is 6.66. The van der Waals surface area contributed by atoms with E-state index in [2.05, 4.69) is 25.1 Å². The van der Waals surface area contributed by atoms with Crippen molar-refractivity contribution in [3.8, 4) is 11.1 Å². The van der Waals surface area contributed by atoms with E-state index in [1.807, 2.05) is 60.7 Å². The van der Waals surface area contributed by atoms with Gasteiger partial charge in [0.1, 0.15) is 11.6 Å². The highest BCUT2D eigenvalue weighted by Gasteiger charge is 2.48. The van der Waals surface area contributed by atoms with Gasteiger partial charge in [-0.1, -0.05) is 85.8 Å². The molecule has 4 aromatic rings. The van der Waals surface area contributed by atoms with E-state index in [-0.39, 0.29) is 0 Å². The fraction of sp³-hybridized carbons (Fsp3) is 0.111. The molecule has 0 nitrogen and oxygen atoms in total. The van der Waals surface area contributed by atoms with Crippen LogP contribution in [0.25, 0.3) is 11.1 Å². The molecule has 0 unspecified atom stereocenters. The van der Waals surface area contributed by atoms with E-state index in [1.54, 1.807) is 0 Å². The van der Waals surface area contributed by atoms with Crippen molar-refractivity contribution in [2.45, 2.75) is 18.8 Å². The molecule has 1 aliphatic rings. The molecule has 142 valence electrons. The minimum atomic E-state index is -0.822. The summed E-state index contributed by atoms with van der Waals surface area (Å²) in [6.45, 7) is 2.09. The molecule has 0 heterocycles. The Labute approximate surface area is 169 Å². The van der Waals surface area contributed by atoms with Gasteiger partial charge in [-0.05, 0) is 45.9 Å². The molecule has 0 N–H and O–H groups in total. The van der Waals surface area contributed by atoms with Gasteiger partial charge >= 0.3 is 0 Å². The Morgan fingerprint density at radius 3 is 1.90 bits per heavy atom. The van der Waals surface area contributed by atoms with Crippen LogP contribution in [0.4, 0.5) is 8.78 Å². The van der Waals surface area contributed by atoms with Crippen molar-refractivity contribution < 1.29 is 8.78 Å². The zero-order valence-corrected chi connectivity index (χ0v) is 16.1. The summed E-state index contributed by atoms with van der Waals surface area (Å²) in [6, 6.07) is 28.7. The van der Waals surface area contributed by atoms with E-state index in [4.69, 9.17) is 0 Å². The molecule has 29 heavy (non-hydrogen) atoms. The molecule has 4 aromatic carbocycles. The topological polar surface area (TPSA) is 0 Å². The first-order valence-corrected chi connectivity index (χ1v) is 9.90. The van der Waals surface area contributed by atoms with Crippen LogP contribution in [-0.2, 0) is 11.8 Å². The van der Waals surface area contributed by atoms with E-state index in [1.165, 1.54) is 6.07 Å². The summed E-state index contributed by atoms with van der Waals surface area (Å²) in [5, 5.41) is 0. The molecule has 0 fully saturated rings. The average molecular weight is 382 g/mol. The third-order valence-electron chi connectivity index (χ3n) is 6.03. The van der Waals surface area contributed by atoms with Crippen LogP contribution in [-0.4, -0.2) is 0 Å². The summed E-state index contributed by atoms with van der Waals surface area (Å²) in [4.78, 5) is 0. The van der Waals surface area contributed by atoms with Crippen LogP contribution in [0.5, 0.6) is 0 Å². The maximum Gasteiger partial charge on any atom is 0.131 e. The minimum Gasteiger partial charge on any atom is -0.207 e. The van der Waals surface area contributed by atoms with Crippen molar-refractivity contribution in [1.82, 2.24) is 0 Å². The maximum atomic E-state index is 15.5. The highest BCUT2D eigenvalue weighted by atomic mass is 19.1. The first-order valence-electron chi connectivity index (χ1n) is 9.90. The van der Waals surface area contributed by atoms with Gasteiger partial charge in [0.05, 0.1) is 5.41 Å². The average Bonchev–Trinajstić information content (AvgIpc) is 3.05. The Morgan fingerprint density at radius 1 is 0.690 bits per heavy atom. The zero-order valence-electron chi connectivity index (χ0n) is 16.1. The van der Waals surface area contributed by atoms with Crippen molar-refractivity contribution in [3.63, 3.8) is 0 Å². The van der Waals surface area contributed by atoms with Crippen LogP contribution in [0.2, 0.25) is 0 Å². The highest BCUT2D eigenvalue weighted by Crippen LogP contribution is 2.57. The molecule has 1 aliphatic carbocycles. The van der Waals surface area contributed by atoms with Crippen molar-refractivity contribution in [2.24, 2.45) is 0 Å². The van der Waals surface area contributed by atoms with Crippen molar-refractivity contribution in [1.29, 1.82) is 0 Å². The minimum absolute atomic E-state index is 0.512. The van der Waals surface area contributed by atoms with Crippen LogP contribution in [0.15, 0.2) is 91.0 Å². The van der Waals surface area contributed by atoms with Crippen LogP contribution < -0.4 is 0 Å². The van der Waals surface area contributed by atoms with Gasteiger partial charge in [-0.2, -0.15) is 0 Å². The molecule has 2 heteroatoms. The molecule has 0 bridgehead atoms. The molecule has 5 rings (SSSR count). The Bertz CT molecular complexity index is 1150. The van der Waals surface area contributed by atoms with Gasteiger partial charge in [-0.15, -0.1) is 0 Å². The molecule has 0 saturated carbocycles. The summed E-state index contributed by atoms with van der Waals surface area (Å²) >= 11 is 0. The number of fused-ring (bicyclic) bond motifs is 3. The SMILES string of the molecule is CCc1ccc2c(c1)-c1cc(F)cc(F)c1C2(c1ccccc1)c1ccccc1. The summed E-state index contributed by atoms with van der Waals surface area (Å²) in [7, 11) is 0. The molecular formula is C27H20F2. The van der Waals surface area contributed by atoms with Crippen LogP contribution in [0, 0.1) is 11.6 Å². The monoisotopic (exact) mass is 382 g/mol. The third kappa shape index (κ3) is 2.49. The van der Waals surface area contributed by atoms with E-state index >= 15 is 4.39 Å². The second-order valence-electron chi connectivity index (χ2n) is 7.53. The lowest BCUT2D eigenvalue weighted by atomic mass is 9.67. The molecular weight excluding hydrogens is 362 g/mol. The van der Waals surface area contributed by atoms with E-state index in [9.17, 15) is 4.39 Å². The van der Waals surface area contributed by atoms with Crippen LogP contribution in [0.3, 0.4) is 0 Å². The van der Waals surface area contributed by atoms with Gasteiger partial charge in [0.15, 0.2) is 0 Å². The maximum absolute atomic E-state index is 15.5. The summed E-state index contributed by atoms with van der Waals surface area (Å²) in [5.41, 5.74) is 5.34. The quantitative estimate of drug-likeness (QED) is 0.319. The largest absolute Gasteiger partial charge is 0.207 e. The highest BCUT2D eigenvalue weighted by molar-refractivity contribution is 5.86. The number of hydrogen-bond acceptors (Lipinski definition) is 0. The molecule has 0 aliphatic heterocycles. The lowest BCUT2D eigenvalue weighted by Crippen LogP contribution is -2.29. The van der Waals surface area contributed by atoms with Gasteiger partial charge in [0.2, 0.25) is 0 Å². The van der Waals surface area contributed by atoms with E-state index < -0.39 is 17.0 Å². The Morgan fingerprint density at radius 2 is 1.31 bits per heavy atom. The Hall–Kier alpha value is -3.26. The normalized spacial score (nSPS) is 13.8. The molecule has 0 saturated heterocycles. The number of aryl methyl sites for hydroxylation is 1. The van der Waals surface area contributed by atoms with Gasteiger partial charge in [-0.25, -0.2) is 8.78 Å². The van der Waals surface area contributed by atoms with E-state index in [0.29, 0.717) is 11.1 Å². The van der Waals surface area contributed by atoms with Gasteiger partial charge in [0.25, 0.3) is 0 Å². The molecule has 0 radical (unpaired) electrons. The molecule has 0 aromatic heterocycles. The number of halogens is 2. The third-order valence-corrected chi connectivity index (χ3v) is 6.03. The standard InChI is InChI=1S/C27H20F2/c1-2-18-13-14-24-22(15-18)23-16-21(28)17-25(29)26(23)27(24,19-9-5-3-6-10-19)20-11-7-4-8-12-20/h3-17H,2H2,1H3. The predicted octanol–water partition coefficient (Wildman–Crippen LogP) is 6.89. The predicted molar refractivity (Wildman–Crippen MR) is 113 cm³/mol. The fourth-order valence-electron chi connectivity index (χ4n) is 4.81. The van der Waals surface area contributed by atoms with Crippen LogP contribution in [0.1, 0.15) is 34.7 Å². The summed E-state index contributed by atoms with van der Waals surface area (Å²) in [6.07, 6.45) is 0.865. The van der Waals surface area contributed by atoms with Gasteiger partial charge in [-0.3, -0.25) is 0 Å². The lowest BCUT2D eigenvalue weighted by molar-refractivity contribution is 0.560. The molecule has 0 spiro atoms. The first kappa shape index (κ1) is 17.8. The number of hydrogen-bond donors (Lipinski definition) is 0. The summed E-state index contributed by atoms with van der Waals surface area (Å²) < 4.78 is 29.8. The molecule has 0 amide bonds. The van der Waals surface area contributed by atoms with Crippen molar-refractivity contribution in [2.75, 3.05) is 0 Å². The smallest absolute Gasteiger partial charge is 0.131 e. The van der Waals surface area contributed by atoms with Gasteiger partial charge < -0.3 is 0 Å². The second-order valence-corrected chi connectivity index (χ2v) is 7.53. The number of benzene rings is 4. The zero-order chi connectivity index (χ0) is 20.0. The summed E-state index contributed by atoms with van der Waals surface area (Å²) in [5.74, 6) is -1.06. The van der Waals surface area contributed by atoms with Crippen molar-refractivity contribution >= 4 is 0 Å². The Balaban J connectivity index is 2.00. The van der Waals surface area contributed by atoms with Crippen molar-refractivity contribution in [3.05, 3.63) is 130 Å².